The summed E-state index contributed by atoms with van der Waals surface area (Å²) in [6, 6.07) is 0.860. The molecule has 0 spiro atoms. The molecule has 1 atom stereocenters. The van der Waals surface area contributed by atoms with E-state index in [0.717, 1.165) is 56.0 Å². The second kappa shape index (κ2) is 5.01. The zero-order valence-electron chi connectivity index (χ0n) is 12.2. The Morgan fingerprint density at radius 1 is 1.05 bits per heavy atom. The van der Waals surface area contributed by atoms with Gasteiger partial charge in [0.2, 0.25) is 0 Å². The fourth-order valence-corrected chi connectivity index (χ4v) is 5.80. The summed E-state index contributed by atoms with van der Waals surface area (Å²) in [6.07, 6.45) is 8.05. The highest BCUT2D eigenvalue weighted by Gasteiger charge is 2.49. The number of ether oxygens (including phenoxy) is 1. The molecule has 5 aliphatic rings. The molecule has 0 aromatic heterocycles. The first-order valence-electron chi connectivity index (χ1n) is 8.32. The number of hydrogen-bond acceptors (Lipinski definition) is 3. The summed E-state index contributed by atoms with van der Waals surface area (Å²) in [7, 11) is 2.35. The van der Waals surface area contributed by atoms with Crippen LogP contribution < -0.4 is 5.32 Å². The molecule has 4 aliphatic carbocycles. The quantitative estimate of drug-likeness (QED) is 0.840. The maximum atomic E-state index is 5.89. The summed E-state index contributed by atoms with van der Waals surface area (Å²) < 4.78 is 5.89. The summed E-state index contributed by atoms with van der Waals surface area (Å²) in [5.74, 6) is 4.16. The molecular weight excluding hydrogens is 236 g/mol. The van der Waals surface area contributed by atoms with E-state index in [1.54, 1.807) is 6.42 Å². The van der Waals surface area contributed by atoms with Crippen LogP contribution in [0.2, 0.25) is 0 Å². The third kappa shape index (κ3) is 2.34. The average molecular weight is 264 g/mol. The number of hydrogen-bond donors (Lipinski definition) is 1. The van der Waals surface area contributed by atoms with E-state index in [4.69, 9.17) is 4.74 Å². The van der Waals surface area contributed by atoms with E-state index in [2.05, 4.69) is 17.3 Å². The van der Waals surface area contributed by atoms with Crippen LogP contribution in [0.25, 0.3) is 0 Å². The summed E-state index contributed by atoms with van der Waals surface area (Å²) >= 11 is 0. The Morgan fingerprint density at radius 2 is 1.74 bits per heavy atom. The molecule has 0 aromatic rings. The van der Waals surface area contributed by atoms with Gasteiger partial charge in [-0.05, 0) is 62.8 Å². The number of nitrogens with zero attached hydrogens (tertiary/aromatic N) is 1. The standard InChI is InChI=1S/C16H28N2O/c1-18(10-15-9-17-2-3-19-15)16-13-5-11-4-12(7-13)8-14(16)6-11/h11-17H,2-10H2,1H3. The molecule has 5 fully saturated rings. The summed E-state index contributed by atoms with van der Waals surface area (Å²) in [6.45, 7) is 4.08. The highest BCUT2D eigenvalue weighted by molar-refractivity contribution is 5.02. The topological polar surface area (TPSA) is 24.5 Å². The number of rotatable bonds is 3. The Labute approximate surface area is 117 Å². The fourth-order valence-electron chi connectivity index (χ4n) is 5.80. The van der Waals surface area contributed by atoms with Crippen LogP contribution >= 0.6 is 0 Å². The van der Waals surface area contributed by atoms with Crippen molar-refractivity contribution in [2.75, 3.05) is 33.3 Å². The van der Waals surface area contributed by atoms with Crippen molar-refractivity contribution in [2.24, 2.45) is 23.7 Å². The van der Waals surface area contributed by atoms with E-state index in [1.807, 2.05) is 0 Å². The van der Waals surface area contributed by atoms with Gasteiger partial charge in [0, 0.05) is 25.7 Å². The van der Waals surface area contributed by atoms with Crippen molar-refractivity contribution < 1.29 is 4.74 Å². The molecule has 1 heterocycles. The summed E-state index contributed by atoms with van der Waals surface area (Å²) in [5, 5.41) is 3.46. The highest BCUT2D eigenvalue weighted by atomic mass is 16.5. The minimum atomic E-state index is 0.413. The molecule has 3 nitrogen and oxygen atoms in total. The van der Waals surface area contributed by atoms with Gasteiger partial charge in [-0.3, -0.25) is 0 Å². The lowest BCUT2D eigenvalue weighted by Crippen LogP contribution is -2.57. The molecule has 0 aromatic carbocycles. The van der Waals surface area contributed by atoms with Crippen LogP contribution in [0.5, 0.6) is 0 Å². The normalized spacial score (nSPS) is 48.9. The predicted molar refractivity (Wildman–Crippen MR) is 76.1 cm³/mol. The van der Waals surface area contributed by atoms with E-state index in [1.165, 1.54) is 25.7 Å². The van der Waals surface area contributed by atoms with Gasteiger partial charge < -0.3 is 15.0 Å². The molecule has 4 bridgehead atoms. The van der Waals surface area contributed by atoms with Crippen molar-refractivity contribution in [2.45, 2.75) is 44.2 Å². The molecule has 4 saturated carbocycles. The zero-order chi connectivity index (χ0) is 12.8. The van der Waals surface area contributed by atoms with Gasteiger partial charge in [-0.25, -0.2) is 0 Å². The molecule has 1 N–H and O–H groups in total. The first-order valence-corrected chi connectivity index (χ1v) is 8.32. The largest absolute Gasteiger partial charge is 0.374 e. The summed E-state index contributed by atoms with van der Waals surface area (Å²) in [5.41, 5.74) is 0. The van der Waals surface area contributed by atoms with E-state index < -0.39 is 0 Å². The van der Waals surface area contributed by atoms with Gasteiger partial charge in [0.25, 0.3) is 0 Å². The van der Waals surface area contributed by atoms with Crippen molar-refractivity contribution in [1.82, 2.24) is 10.2 Å². The first-order chi connectivity index (χ1) is 9.29. The second-order valence-electron chi connectivity index (χ2n) is 7.56. The summed E-state index contributed by atoms with van der Waals surface area (Å²) in [4.78, 5) is 2.66. The Balaban J connectivity index is 1.40. The number of morpholine rings is 1. The third-order valence-electron chi connectivity index (χ3n) is 6.18. The van der Waals surface area contributed by atoms with Crippen LogP contribution in [0.1, 0.15) is 32.1 Å². The smallest absolute Gasteiger partial charge is 0.0826 e. The molecule has 19 heavy (non-hydrogen) atoms. The lowest BCUT2D eigenvalue weighted by atomic mass is 9.54. The van der Waals surface area contributed by atoms with E-state index in [9.17, 15) is 0 Å². The van der Waals surface area contributed by atoms with E-state index in [0.29, 0.717) is 6.10 Å². The first kappa shape index (κ1) is 12.6. The maximum absolute atomic E-state index is 5.89. The Hall–Kier alpha value is -0.120. The molecule has 3 heteroatoms. The van der Waals surface area contributed by atoms with Crippen LogP contribution in [0.3, 0.4) is 0 Å². The minimum absolute atomic E-state index is 0.413. The zero-order valence-corrected chi connectivity index (χ0v) is 12.2. The predicted octanol–water partition coefficient (Wildman–Crippen LogP) is 1.73. The van der Waals surface area contributed by atoms with E-state index in [-0.39, 0.29) is 0 Å². The monoisotopic (exact) mass is 264 g/mol. The van der Waals surface area contributed by atoms with Gasteiger partial charge in [-0.15, -0.1) is 0 Å². The van der Waals surface area contributed by atoms with Crippen molar-refractivity contribution in [1.29, 1.82) is 0 Å². The molecule has 1 saturated heterocycles. The van der Waals surface area contributed by atoms with Crippen LogP contribution in [0.4, 0.5) is 0 Å². The molecule has 0 amide bonds. The lowest BCUT2D eigenvalue weighted by molar-refractivity contribution is -0.0756. The lowest BCUT2D eigenvalue weighted by Gasteiger charge is -2.57. The highest BCUT2D eigenvalue weighted by Crippen LogP contribution is 2.54. The molecule has 5 rings (SSSR count). The van der Waals surface area contributed by atoms with Crippen LogP contribution in [0.15, 0.2) is 0 Å². The average Bonchev–Trinajstić information content (AvgIpc) is 2.38. The van der Waals surface area contributed by atoms with E-state index >= 15 is 0 Å². The van der Waals surface area contributed by atoms with Crippen molar-refractivity contribution in [3.63, 3.8) is 0 Å². The number of nitrogens with one attached hydrogen (secondary N) is 1. The van der Waals surface area contributed by atoms with Gasteiger partial charge in [0.05, 0.1) is 12.7 Å². The van der Waals surface area contributed by atoms with Gasteiger partial charge in [0.15, 0.2) is 0 Å². The van der Waals surface area contributed by atoms with Gasteiger partial charge in [-0.2, -0.15) is 0 Å². The Kier molecular flexibility index (Phi) is 3.33. The minimum Gasteiger partial charge on any atom is -0.374 e. The fraction of sp³-hybridized carbons (Fsp3) is 1.00. The van der Waals surface area contributed by atoms with Crippen LogP contribution in [-0.2, 0) is 4.74 Å². The maximum Gasteiger partial charge on any atom is 0.0826 e. The Morgan fingerprint density at radius 3 is 2.32 bits per heavy atom. The van der Waals surface area contributed by atoms with Crippen LogP contribution in [-0.4, -0.2) is 50.3 Å². The Bertz CT molecular complexity index is 299. The van der Waals surface area contributed by atoms with Crippen molar-refractivity contribution in [3.05, 3.63) is 0 Å². The molecule has 108 valence electrons. The second-order valence-corrected chi connectivity index (χ2v) is 7.56. The molecule has 0 radical (unpaired) electrons. The van der Waals surface area contributed by atoms with Crippen LogP contribution in [0, 0.1) is 23.7 Å². The molecular formula is C16H28N2O. The van der Waals surface area contributed by atoms with Crippen molar-refractivity contribution >= 4 is 0 Å². The third-order valence-corrected chi connectivity index (χ3v) is 6.18. The van der Waals surface area contributed by atoms with Gasteiger partial charge >= 0.3 is 0 Å². The van der Waals surface area contributed by atoms with Gasteiger partial charge in [-0.1, -0.05) is 0 Å². The molecule has 1 aliphatic heterocycles. The number of likely N-dealkylation sites (N-methyl/N-ethyl adjacent to an activating group) is 1. The van der Waals surface area contributed by atoms with Gasteiger partial charge in [0.1, 0.15) is 0 Å². The van der Waals surface area contributed by atoms with Crippen molar-refractivity contribution in [3.8, 4) is 0 Å². The SMILES string of the molecule is CN(CC1CNCCO1)C1C2CC3CC(C2)CC1C3. The molecule has 1 unspecified atom stereocenters.